The Kier molecular flexibility index (Phi) is 8.17. The molecule has 0 amide bonds. The van der Waals surface area contributed by atoms with Crippen LogP contribution >= 0.6 is 17.0 Å². The highest BCUT2D eigenvalue weighted by molar-refractivity contribution is 8.93. The number of ether oxygens (including phenoxy) is 3. The van der Waals surface area contributed by atoms with Gasteiger partial charge < -0.3 is 29.6 Å². The number of aromatic nitrogens is 1. The fourth-order valence-electron chi connectivity index (χ4n) is 3.47. The lowest BCUT2D eigenvalue weighted by Crippen LogP contribution is -2.33. The predicted molar refractivity (Wildman–Crippen MR) is 129 cm³/mol. The molecule has 0 saturated heterocycles. The average molecular weight is 487 g/mol. The van der Waals surface area contributed by atoms with Gasteiger partial charge in [-0.2, -0.15) is 0 Å². The molecule has 164 valence electrons. The molecule has 7 heteroatoms. The lowest BCUT2D eigenvalue weighted by molar-refractivity contribution is 0.106. The number of hydrogen-bond donors (Lipinski definition) is 3. The Morgan fingerprint density at radius 3 is 2.42 bits per heavy atom. The first-order valence-corrected chi connectivity index (χ1v) is 10.0. The second-order valence-corrected chi connectivity index (χ2v) is 7.02. The van der Waals surface area contributed by atoms with Crippen molar-refractivity contribution in [2.24, 2.45) is 0 Å². The van der Waals surface area contributed by atoms with Crippen LogP contribution in [0.25, 0.3) is 21.8 Å². The minimum absolute atomic E-state index is 0. The largest absolute Gasteiger partial charge is 0.493 e. The van der Waals surface area contributed by atoms with E-state index >= 15 is 0 Å². The van der Waals surface area contributed by atoms with E-state index < -0.39 is 6.10 Å². The van der Waals surface area contributed by atoms with Crippen molar-refractivity contribution in [3.8, 4) is 17.2 Å². The van der Waals surface area contributed by atoms with E-state index in [0.29, 0.717) is 31.2 Å². The van der Waals surface area contributed by atoms with Crippen LogP contribution < -0.4 is 19.5 Å². The van der Waals surface area contributed by atoms with Gasteiger partial charge in [0.2, 0.25) is 0 Å². The molecule has 1 heterocycles. The van der Waals surface area contributed by atoms with Crippen LogP contribution in [0.15, 0.2) is 66.7 Å². The second kappa shape index (κ2) is 11.0. The van der Waals surface area contributed by atoms with Gasteiger partial charge in [0.05, 0.1) is 12.6 Å². The third-order valence-corrected chi connectivity index (χ3v) is 4.91. The van der Waals surface area contributed by atoms with Crippen LogP contribution in [0.5, 0.6) is 17.2 Å². The predicted octanol–water partition coefficient (Wildman–Crippen LogP) is 4.32. The summed E-state index contributed by atoms with van der Waals surface area (Å²) in [6.45, 7) is 1.70. The van der Waals surface area contributed by atoms with Crippen molar-refractivity contribution < 1.29 is 19.3 Å². The van der Waals surface area contributed by atoms with E-state index in [0.717, 1.165) is 27.6 Å². The first-order chi connectivity index (χ1) is 14.8. The summed E-state index contributed by atoms with van der Waals surface area (Å²) in [5.74, 6) is 2.18. The molecular formula is C24H27BrN2O4. The van der Waals surface area contributed by atoms with Gasteiger partial charge in [-0.3, -0.25) is 0 Å². The summed E-state index contributed by atoms with van der Waals surface area (Å²) in [6, 6.07) is 21.6. The number of benzene rings is 3. The summed E-state index contributed by atoms with van der Waals surface area (Å²) < 4.78 is 16.9. The molecule has 3 N–H and O–H groups in total. The van der Waals surface area contributed by atoms with Crippen molar-refractivity contribution in [2.75, 3.05) is 33.4 Å². The Labute approximate surface area is 191 Å². The molecule has 0 aliphatic heterocycles. The highest BCUT2D eigenvalue weighted by Crippen LogP contribution is 2.33. The third kappa shape index (κ3) is 5.50. The number of rotatable bonds is 10. The summed E-state index contributed by atoms with van der Waals surface area (Å²) in [4.78, 5) is 3.40. The molecule has 0 bridgehead atoms. The number of methoxy groups -OCH3 is 1. The van der Waals surface area contributed by atoms with Crippen LogP contribution in [0.1, 0.15) is 0 Å². The first kappa shape index (κ1) is 22.9. The average Bonchev–Trinajstić information content (AvgIpc) is 3.17. The molecule has 1 aromatic heterocycles. The quantitative estimate of drug-likeness (QED) is 0.291. The summed E-state index contributed by atoms with van der Waals surface area (Å²) in [7, 11) is 1.62. The maximum atomic E-state index is 10.3. The van der Waals surface area contributed by atoms with Crippen LogP contribution in [0.3, 0.4) is 0 Å². The number of hydrogen-bond acceptors (Lipinski definition) is 5. The Balaban J connectivity index is 0.00000272. The Hall–Kier alpha value is -2.74. The topological polar surface area (TPSA) is 75.7 Å². The lowest BCUT2D eigenvalue weighted by atomic mass is 10.1. The summed E-state index contributed by atoms with van der Waals surface area (Å²) >= 11 is 0. The maximum Gasteiger partial charge on any atom is 0.161 e. The van der Waals surface area contributed by atoms with E-state index in [9.17, 15) is 5.11 Å². The summed E-state index contributed by atoms with van der Waals surface area (Å²) in [5.41, 5.74) is 2.09. The number of nitrogens with one attached hydrogen (secondary N) is 2. The van der Waals surface area contributed by atoms with Gasteiger partial charge in [0.15, 0.2) is 11.5 Å². The minimum Gasteiger partial charge on any atom is -0.493 e. The molecule has 0 spiro atoms. The molecule has 4 rings (SSSR count). The van der Waals surface area contributed by atoms with Crippen molar-refractivity contribution in [3.05, 3.63) is 66.7 Å². The zero-order valence-corrected chi connectivity index (χ0v) is 19.0. The van der Waals surface area contributed by atoms with Crippen LogP contribution in [0.2, 0.25) is 0 Å². The zero-order chi connectivity index (χ0) is 20.8. The van der Waals surface area contributed by atoms with Gasteiger partial charge in [-0.05, 0) is 30.3 Å². The van der Waals surface area contributed by atoms with Crippen molar-refractivity contribution in [1.82, 2.24) is 10.3 Å². The summed E-state index contributed by atoms with van der Waals surface area (Å²) in [5, 5.41) is 15.6. The van der Waals surface area contributed by atoms with Crippen LogP contribution in [0.4, 0.5) is 0 Å². The highest BCUT2D eigenvalue weighted by Gasteiger charge is 2.11. The summed E-state index contributed by atoms with van der Waals surface area (Å²) in [6.07, 6.45) is -0.628. The van der Waals surface area contributed by atoms with Crippen molar-refractivity contribution >= 4 is 38.8 Å². The van der Waals surface area contributed by atoms with E-state index in [1.54, 1.807) is 7.11 Å². The first-order valence-electron chi connectivity index (χ1n) is 10.0. The number of fused-ring (bicyclic) bond motifs is 3. The number of para-hydroxylation sites is 3. The fraction of sp³-hybridized carbons (Fsp3) is 0.250. The van der Waals surface area contributed by atoms with Crippen LogP contribution in [-0.2, 0) is 0 Å². The monoisotopic (exact) mass is 486 g/mol. The molecule has 0 fully saturated rings. The lowest BCUT2D eigenvalue weighted by Gasteiger charge is -2.15. The molecule has 3 aromatic carbocycles. The van der Waals surface area contributed by atoms with Crippen LogP contribution in [-0.4, -0.2) is 49.6 Å². The SMILES string of the molecule is Br.COc1ccccc1OCCNCC(O)COc1cccc2[nH]c3ccccc3c12. The van der Waals surface area contributed by atoms with E-state index in [2.05, 4.69) is 16.4 Å². The van der Waals surface area contributed by atoms with E-state index in [1.165, 1.54) is 0 Å². The Bertz CT molecular complexity index is 1120. The second-order valence-electron chi connectivity index (χ2n) is 7.02. The number of aliphatic hydroxyl groups excluding tert-OH is 1. The maximum absolute atomic E-state index is 10.3. The molecule has 0 aliphatic rings. The van der Waals surface area contributed by atoms with E-state index in [-0.39, 0.29) is 23.6 Å². The normalized spacial score (nSPS) is 11.8. The zero-order valence-electron chi connectivity index (χ0n) is 17.3. The van der Waals surface area contributed by atoms with Gasteiger partial charge >= 0.3 is 0 Å². The minimum atomic E-state index is -0.628. The molecule has 0 radical (unpaired) electrons. The van der Waals surface area contributed by atoms with E-state index in [4.69, 9.17) is 14.2 Å². The van der Waals surface area contributed by atoms with Crippen molar-refractivity contribution in [2.45, 2.75) is 6.10 Å². The Morgan fingerprint density at radius 2 is 1.58 bits per heavy atom. The highest BCUT2D eigenvalue weighted by atomic mass is 79.9. The van der Waals surface area contributed by atoms with E-state index in [1.807, 2.05) is 60.7 Å². The fourth-order valence-corrected chi connectivity index (χ4v) is 3.47. The smallest absolute Gasteiger partial charge is 0.161 e. The number of H-pyrrole nitrogens is 1. The number of aromatic amines is 1. The van der Waals surface area contributed by atoms with Gasteiger partial charge in [-0.15, -0.1) is 17.0 Å². The van der Waals surface area contributed by atoms with Crippen LogP contribution in [0, 0.1) is 0 Å². The number of aliphatic hydroxyl groups is 1. The third-order valence-electron chi connectivity index (χ3n) is 4.91. The van der Waals surface area contributed by atoms with Gasteiger partial charge in [0, 0.05) is 29.4 Å². The molecule has 6 nitrogen and oxygen atoms in total. The standard InChI is InChI=1S/C24H26N2O4.BrH/c1-28-21-10-4-5-11-22(21)29-14-13-25-15-17(27)16-30-23-12-6-9-20-24(23)18-7-2-3-8-19(18)26-20;/h2-12,17,25-27H,13-16H2,1H3;1H. The molecule has 1 unspecified atom stereocenters. The molecule has 4 aromatic rings. The number of halogens is 1. The van der Waals surface area contributed by atoms with Gasteiger partial charge in [0.25, 0.3) is 0 Å². The van der Waals surface area contributed by atoms with Gasteiger partial charge in [-0.25, -0.2) is 0 Å². The Morgan fingerprint density at radius 1 is 0.871 bits per heavy atom. The molecular weight excluding hydrogens is 460 g/mol. The van der Waals surface area contributed by atoms with Crippen molar-refractivity contribution in [1.29, 1.82) is 0 Å². The molecule has 0 saturated carbocycles. The van der Waals surface area contributed by atoms with Gasteiger partial charge in [0.1, 0.15) is 25.1 Å². The molecule has 1 atom stereocenters. The molecule has 31 heavy (non-hydrogen) atoms. The molecule has 0 aliphatic carbocycles. The van der Waals surface area contributed by atoms with Crippen molar-refractivity contribution in [3.63, 3.8) is 0 Å². The van der Waals surface area contributed by atoms with Gasteiger partial charge in [-0.1, -0.05) is 36.4 Å².